The molecule has 0 aliphatic carbocycles. The predicted molar refractivity (Wildman–Crippen MR) is 84.2 cm³/mol. The lowest BCUT2D eigenvalue weighted by Crippen LogP contribution is -2.12. The molecule has 0 heterocycles. The van der Waals surface area contributed by atoms with Crippen molar-refractivity contribution >= 4 is 11.5 Å². The monoisotopic (exact) mass is 267 g/mol. The number of hydrogen-bond acceptors (Lipinski definition) is 2. The van der Waals surface area contributed by atoms with Gasteiger partial charge in [-0.3, -0.25) is 4.79 Å². The number of hydrogen-bond donors (Lipinski definition) is 1. The summed E-state index contributed by atoms with van der Waals surface area (Å²) < 4.78 is 0. The SMILES string of the molecule is Cc1ccc(N)c(C(=O)c2ccc(C(C)(C)C)cc2)c1. The van der Waals surface area contributed by atoms with Crippen molar-refractivity contribution in [2.24, 2.45) is 0 Å². The van der Waals surface area contributed by atoms with E-state index >= 15 is 0 Å². The van der Waals surface area contributed by atoms with Crippen molar-refractivity contribution in [3.8, 4) is 0 Å². The average Bonchev–Trinajstić information content (AvgIpc) is 2.40. The zero-order valence-corrected chi connectivity index (χ0v) is 12.5. The van der Waals surface area contributed by atoms with Gasteiger partial charge in [0.25, 0.3) is 0 Å². The van der Waals surface area contributed by atoms with Crippen LogP contribution in [0.2, 0.25) is 0 Å². The van der Waals surface area contributed by atoms with Crippen LogP contribution in [0.5, 0.6) is 0 Å². The number of nitrogens with two attached hydrogens (primary N) is 1. The number of anilines is 1. The van der Waals surface area contributed by atoms with Gasteiger partial charge in [-0.25, -0.2) is 0 Å². The summed E-state index contributed by atoms with van der Waals surface area (Å²) in [6, 6.07) is 13.3. The quantitative estimate of drug-likeness (QED) is 0.657. The number of rotatable bonds is 2. The number of carbonyl (C=O) groups is 1. The Morgan fingerprint density at radius 3 is 2.15 bits per heavy atom. The Bertz CT molecular complexity index is 633. The molecule has 0 aliphatic heterocycles. The van der Waals surface area contributed by atoms with Crippen molar-refractivity contribution in [3.63, 3.8) is 0 Å². The molecule has 0 fully saturated rings. The van der Waals surface area contributed by atoms with Crippen molar-refractivity contribution in [2.75, 3.05) is 5.73 Å². The Kier molecular flexibility index (Phi) is 3.67. The summed E-state index contributed by atoms with van der Waals surface area (Å²) in [7, 11) is 0. The molecule has 0 spiro atoms. The molecule has 0 bridgehead atoms. The van der Waals surface area contributed by atoms with Crippen LogP contribution in [0.15, 0.2) is 42.5 Å². The standard InChI is InChI=1S/C18H21NO/c1-12-5-10-16(19)15(11-12)17(20)13-6-8-14(9-7-13)18(2,3)4/h5-11H,19H2,1-4H3. The Balaban J connectivity index is 2.37. The van der Waals surface area contributed by atoms with E-state index in [0.29, 0.717) is 16.8 Å². The van der Waals surface area contributed by atoms with E-state index in [0.717, 1.165) is 5.56 Å². The first kappa shape index (κ1) is 14.3. The van der Waals surface area contributed by atoms with Gasteiger partial charge in [-0.2, -0.15) is 0 Å². The minimum absolute atomic E-state index is 0.0216. The molecule has 2 nitrogen and oxygen atoms in total. The lowest BCUT2D eigenvalue weighted by molar-refractivity contribution is 0.103. The third kappa shape index (κ3) is 2.90. The maximum atomic E-state index is 12.5. The number of aryl methyl sites for hydroxylation is 1. The Hall–Kier alpha value is -2.09. The van der Waals surface area contributed by atoms with E-state index in [4.69, 9.17) is 5.73 Å². The minimum Gasteiger partial charge on any atom is -0.398 e. The summed E-state index contributed by atoms with van der Waals surface area (Å²) in [6.07, 6.45) is 0. The fraction of sp³-hybridized carbons (Fsp3) is 0.278. The lowest BCUT2D eigenvalue weighted by Gasteiger charge is -2.19. The molecule has 0 saturated carbocycles. The molecule has 0 unspecified atom stereocenters. The third-order valence-corrected chi connectivity index (χ3v) is 3.47. The van der Waals surface area contributed by atoms with Gasteiger partial charge in [0.1, 0.15) is 0 Å². The summed E-state index contributed by atoms with van der Waals surface area (Å²) in [6.45, 7) is 8.42. The topological polar surface area (TPSA) is 43.1 Å². The second kappa shape index (κ2) is 5.12. The van der Waals surface area contributed by atoms with E-state index in [1.165, 1.54) is 5.56 Å². The van der Waals surface area contributed by atoms with E-state index < -0.39 is 0 Å². The van der Waals surface area contributed by atoms with Crippen molar-refractivity contribution < 1.29 is 4.79 Å². The molecule has 2 aromatic rings. The van der Waals surface area contributed by atoms with E-state index in [-0.39, 0.29) is 11.2 Å². The highest BCUT2D eigenvalue weighted by atomic mass is 16.1. The van der Waals surface area contributed by atoms with E-state index in [1.54, 1.807) is 6.07 Å². The predicted octanol–water partition coefficient (Wildman–Crippen LogP) is 4.11. The fourth-order valence-electron chi connectivity index (χ4n) is 2.14. The maximum absolute atomic E-state index is 12.5. The van der Waals surface area contributed by atoms with Gasteiger partial charge in [0.15, 0.2) is 5.78 Å². The second-order valence-electron chi connectivity index (χ2n) is 6.25. The summed E-state index contributed by atoms with van der Waals surface area (Å²) in [5.41, 5.74) is 10.0. The summed E-state index contributed by atoms with van der Waals surface area (Å²) in [5.74, 6) is -0.0216. The van der Waals surface area contributed by atoms with Gasteiger partial charge in [0.2, 0.25) is 0 Å². The third-order valence-electron chi connectivity index (χ3n) is 3.47. The summed E-state index contributed by atoms with van der Waals surface area (Å²) >= 11 is 0. The number of nitrogen functional groups attached to an aromatic ring is 1. The summed E-state index contributed by atoms with van der Waals surface area (Å²) in [4.78, 5) is 12.5. The number of carbonyl (C=O) groups excluding carboxylic acids is 1. The largest absolute Gasteiger partial charge is 0.398 e. The van der Waals surface area contributed by atoms with Crippen LogP contribution in [0.3, 0.4) is 0 Å². The Morgan fingerprint density at radius 2 is 1.60 bits per heavy atom. The van der Waals surface area contributed by atoms with Crippen molar-refractivity contribution in [1.82, 2.24) is 0 Å². The van der Waals surface area contributed by atoms with E-state index in [1.807, 2.05) is 43.3 Å². The van der Waals surface area contributed by atoms with Crippen molar-refractivity contribution in [3.05, 3.63) is 64.7 Å². The molecule has 0 atom stereocenters. The molecule has 0 saturated heterocycles. The van der Waals surface area contributed by atoms with Crippen LogP contribution in [0.1, 0.15) is 47.8 Å². The van der Waals surface area contributed by atoms with Gasteiger partial charge in [-0.1, -0.05) is 56.7 Å². The summed E-state index contributed by atoms with van der Waals surface area (Å²) in [5, 5.41) is 0. The van der Waals surface area contributed by atoms with Gasteiger partial charge in [0, 0.05) is 16.8 Å². The minimum atomic E-state index is -0.0216. The van der Waals surface area contributed by atoms with Crippen molar-refractivity contribution in [1.29, 1.82) is 0 Å². The zero-order chi connectivity index (χ0) is 14.9. The van der Waals surface area contributed by atoms with Crippen LogP contribution in [-0.2, 0) is 5.41 Å². The zero-order valence-electron chi connectivity index (χ0n) is 12.5. The maximum Gasteiger partial charge on any atom is 0.195 e. The van der Waals surface area contributed by atoms with Crippen LogP contribution in [0, 0.1) is 6.92 Å². The molecular weight excluding hydrogens is 246 g/mol. The first-order chi connectivity index (χ1) is 9.29. The molecule has 0 amide bonds. The van der Waals surface area contributed by atoms with Crippen molar-refractivity contribution in [2.45, 2.75) is 33.1 Å². The first-order valence-corrected chi connectivity index (χ1v) is 6.80. The molecule has 104 valence electrons. The molecule has 2 rings (SSSR count). The van der Waals surface area contributed by atoms with Crippen LogP contribution in [0.25, 0.3) is 0 Å². The molecule has 20 heavy (non-hydrogen) atoms. The van der Waals surface area contributed by atoms with Crippen LogP contribution >= 0.6 is 0 Å². The highest BCUT2D eigenvalue weighted by molar-refractivity contribution is 6.12. The molecule has 2 heteroatoms. The van der Waals surface area contributed by atoms with Crippen LogP contribution < -0.4 is 5.73 Å². The molecule has 0 aromatic heterocycles. The average molecular weight is 267 g/mol. The van der Waals surface area contributed by atoms with Gasteiger partial charge in [0.05, 0.1) is 0 Å². The smallest absolute Gasteiger partial charge is 0.195 e. The molecular formula is C18H21NO. The van der Waals surface area contributed by atoms with E-state index in [2.05, 4.69) is 20.8 Å². The van der Waals surface area contributed by atoms with Gasteiger partial charge in [-0.15, -0.1) is 0 Å². The normalized spacial score (nSPS) is 11.4. The van der Waals surface area contributed by atoms with Gasteiger partial charge >= 0.3 is 0 Å². The number of ketones is 1. The highest BCUT2D eigenvalue weighted by Gasteiger charge is 2.16. The van der Waals surface area contributed by atoms with Gasteiger partial charge in [-0.05, 0) is 30.0 Å². The Labute approximate surface area is 120 Å². The van der Waals surface area contributed by atoms with Crippen LogP contribution in [0.4, 0.5) is 5.69 Å². The van der Waals surface area contributed by atoms with Gasteiger partial charge < -0.3 is 5.73 Å². The van der Waals surface area contributed by atoms with E-state index in [9.17, 15) is 4.79 Å². The molecule has 0 aliphatic rings. The molecule has 0 radical (unpaired) electrons. The van der Waals surface area contributed by atoms with Crippen LogP contribution in [-0.4, -0.2) is 5.78 Å². The Morgan fingerprint density at radius 1 is 1.00 bits per heavy atom. The number of benzene rings is 2. The highest BCUT2D eigenvalue weighted by Crippen LogP contribution is 2.24. The molecule has 2 aromatic carbocycles. The fourth-order valence-corrected chi connectivity index (χ4v) is 2.14. The lowest BCUT2D eigenvalue weighted by atomic mass is 9.86. The molecule has 2 N–H and O–H groups in total. The first-order valence-electron chi connectivity index (χ1n) is 6.80. The second-order valence-corrected chi connectivity index (χ2v) is 6.25.